The second-order valence-electron chi connectivity index (χ2n) is 8.30. The van der Waals surface area contributed by atoms with Crippen LogP contribution in [-0.2, 0) is 20.8 Å². The lowest BCUT2D eigenvalue weighted by Crippen LogP contribution is -2.55. The molecule has 0 fully saturated rings. The van der Waals surface area contributed by atoms with E-state index in [1.807, 2.05) is 58.0 Å². The van der Waals surface area contributed by atoms with Gasteiger partial charge in [0.2, 0.25) is 0 Å². The normalized spacial score (nSPS) is 14.8. The van der Waals surface area contributed by atoms with Crippen LogP contribution in [0.3, 0.4) is 0 Å². The molecule has 1 aromatic rings. The molecule has 1 rings (SSSR count). The molecule has 0 aliphatic rings. The van der Waals surface area contributed by atoms with Crippen molar-refractivity contribution in [2.24, 2.45) is 5.73 Å². The average molecular weight is 426 g/mol. The predicted octanol–water partition coefficient (Wildman–Crippen LogP) is 2.93. The third-order valence-corrected chi connectivity index (χ3v) is 4.72. The highest BCUT2D eigenvalue weighted by Crippen LogP contribution is 2.18. The van der Waals surface area contributed by atoms with Crippen LogP contribution < -0.4 is 11.2 Å². The molecule has 1 amide bonds. The van der Waals surface area contributed by atoms with Gasteiger partial charge in [-0.25, -0.2) is 10.3 Å². The summed E-state index contributed by atoms with van der Waals surface area (Å²) in [4.78, 5) is 14.3. The van der Waals surface area contributed by atoms with E-state index in [0.29, 0.717) is 32.6 Å². The molecule has 0 saturated carbocycles. The molecule has 172 valence electrons. The number of benzene rings is 1. The molecule has 0 spiro atoms. The number of ether oxygens (including phenoxy) is 3. The van der Waals surface area contributed by atoms with Gasteiger partial charge in [-0.3, -0.25) is 0 Å². The Labute approximate surface area is 180 Å². The maximum atomic E-state index is 12.7. The lowest BCUT2D eigenvalue weighted by molar-refractivity contribution is -0.0120. The zero-order valence-electron chi connectivity index (χ0n) is 19.0. The highest BCUT2D eigenvalue weighted by molar-refractivity contribution is 5.68. The van der Waals surface area contributed by atoms with Gasteiger partial charge in [0.25, 0.3) is 0 Å². The minimum atomic E-state index is -0.602. The third kappa shape index (κ3) is 9.86. The van der Waals surface area contributed by atoms with Gasteiger partial charge < -0.3 is 30.1 Å². The topological polar surface area (TPSA) is 106 Å². The van der Waals surface area contributed by atoms with Crippen molar-refractivity contribution in [1.29, 1.82) is 0 Å². The monoisotopic (exact) mass is 425 g/mol. The van der Waals surface area contributed by atoms with E-state index in [9.17, 15) is 4.79 Å². The van der Waals surface area contributed by atoms with Crippen molar-refractivity contribution in [3.8, 4) is 0 Å². The van der Waals surface area contributed by atoms with Crippen LogP contribution in [0, 0.1) is 0 Å². The maximum Gasteiger partial charge on any atom is 0.410 e. The number of hydroxylamine groups is 1. The molecule has 0 heterocycles. The third-order valence-electron chi connectivity index (χ3n) is 4.72. The minimum absolute atomic E-state index is 0.136. The van der Waals surface area contributed by atoms with Crippen molar-refractivity contribution < 1.29 is 24.2 Å². The fourth-order valence-electron chi connectivity index (χ4n) is 3.17. The predicted molar refractivity (Wildman–Crippen MR) is 116 cm³/mol. The van der Waals surface area contributed by atoms with E-state index in [1.54, 1.807) is 12.0 Å². The molecule has 4 N–H and O–H groups in total. The lowest BCUT2D eigenvalue weighted by atomic mass is 9.99. The number of carbonyl (C=O) groups is 1. The van der Waals surface area contributed by atoms with Crippen molar-refractivity contribution >= 4 is 6.09 Å². The molecule has 30 heavy (non-hydrogen) atoms. The molecular formula is C22H39N3O5. The first-order valence-corrected chi connectivity index (χ1v) is 10.5. The molecule has 0 bridgehead atoms. The molecule has 0 aromatic heterocycles. The van der Waals surface area contributed by atoms with Crippen LogP contribution in [0.25, 0.3) is 0 Å². The summed E-state index contributed by atoms with van der Waals surface area (Å²) < 4.78 is 16.9. The van der Waals surface area contributed by atoms with Crippen LogP contribution in [0.1, 0.15) is 46.1 Å². The second-order valence-corrected chi connectivity index (χ2v) is 8.30. The van der Waals surface area contributed by atoms with Crippen LogP contribution >= 0.6 is 0 Å². The Hall–Kier alpha value is -1.71. The largest absolute Gasteiger partial charge is 0.444 e. The molecule has 3 atom stereocenters. The average Bonchev–Trinajstić information content (AvgIpc) is 2.69. The summed E-state index contributed by atoms with van der Waals surface area (Å²) in [7, 11) is 1.65. The zero-order valence-corrected chi connectivity index (χ0v) is 19.0. The number of carbonyl (C=O) groups excluding carboxylic acids is 1. The van der Waals surface area contributed by atoms with Crippen LogP contribution in [-0.4, -0.2) is 66.8 Å². The van der Waals surface area contributed by atoms with E-state index in [0.717, 1.165) is 5.56 Å². The van der Waals surface area contributed by atoms with Crippen molar-refractivity contribution in [1.82, 2.24) is 10.4 Å². The first-order valence-electron chi connectivity index (χ1n) is 10.5. The van der Waals surface area contributed by atoms with Crippen LogP contribution in [0.2, 0.25) is 0 Å². The Morgan fingerprint density at radius 1 is 1.23 bits per heavy atom. The van der Waals surface area contributed by atoms with Gasteiger partial charge in [-0.15, -0.1) is 0 Å². The number of nitrogens with two attached hydrogens (primary N) is 1. The Kier molecular flexibility index (Phi) is 11.9. The number of nitrogens with one attached hydrogen (secondary N) is 1. The smallest absolute Gasteiger partial charge is 0.410 e. The Morgan fingerprint density at radius 3 is 2.43 bits per heavy atom. The highest BCUT2D eigenvalue weighted by Gasteiger charge is 2.31. The molecule has 3 unspecified atom stereocenters. The van der Waals surface area contributed by atoms with E-state index >= 15 is 0 Å². The molecule has 8 heteroatoms. The number of nitrogens with zero attached hydrogens (tertiary/aromatic N) is 1. The Bertz CT molecular complexity index is 594. The summed E-state index contributed by atoms with van der Waals surface area (Å²) in [5.41, 5.74) is 8.87. The SMILES string of the molecule is CCN(C(=O)OC(C)(C)C)C(CCC(COCc1ccccc1)OC)C(N)CNO. The molecule has 8 nitrogen and oxygen atoms in total. The van der Waals surface area contributed by atoms with Crippen molar-refractivity contribution in [3.05, 3.63) is 35.9 Å². The Balaban J connectivity index is 2.71. The highest BCUT2D eigenvalue weighted by atomic mass is 16.6. The molecule has 0 aliphatic carbocycles. The summed E-state index contributed by atoms with van der Waals surface area (Å²) in [6, 6.07) is 9.16. The van der Waals surface area contributed by atoms with Crippen LogP contribution in [0.15, 0.2) is 30.3 Å². The first-order chi connectivity index (χ1) is 14.2. The zero-order chi connectivity index (χ0) is 22.6. The van der Waals surface area contributed by atoms with Gasteiger partial charge in [0, 0.05) is 26.2 Å². The van der Waals surface area contributed by atoms with E-state index in [2.05, 4.69) is 5.48 Å². The summed E-state index contributed by atoms with van der Waals surface area (Å²) in [5.74, 6) is 0. The number of hydrogen-bond acceptors (Lipinski definition) is 7. The van der Waals surface area contributed by atoms with Crippen LogP contribution in [0.4, 0.5) is 4.79 Å². The molecule has 0 radical (unpaired) electrons. The van der Waals surface area contributed by atoms with E-state index in [4.69, 9.17) is 25.2 Å². The summed E-state index contributed by atoms with van der Waals surface area (Å²) >= 11 is 0. The Morgan fingerprint density at radius 2 is 1.90 bits per heavy atom. The van der Waals surface area contributed by atoms with Crippen LogP contribution in [0.5, 0.6) is 0 Å². The van der Waals surface area contributed by atoms with E-state index in [1.165, 1.54) is 0 Å². The van der Waals surface area contributed by atoms with Gasteiger partial charge >= 0.3 is 6.09 Å². The standard InChI is InChI=1S/C22H39N3O5/c1-6-25(21(26)30-22(2,3)4)20(19(23)14-24-27)13-12-18(28-5)16-29-15-17-10-8-7-9-11-17/h7-11,18-20,24,27H,6,12-16,23H2,1-5H3. The van der Waals surface area contributed by atoms with Crippen molar-refractivity contribution in [2.75, 3.05) is 26.8 Å². The number of methoxy groups -OCH3 is 1. The molecule has 0 aliphatic heterocycles. The van der Waals surface area contributed by atoms with E-state index < -0.39 is 17.7 Å². The molecule has 0 saturated heterocycles. The van der Waals surface area contributed by atoms with Crippen molar-refractivity contribution in [2.45, 2.75) is 70.9 Å². The summed E-state index contributed by atoms with van der Waals surface area (Å²) in [5, 5.41) is 9.10. The number of rotatable bonds is 13. The first kappa shape index (κ1) is 26.3. The van der Waals surface area contributed by atoms with Gasteiger partial charge in [0.15, 0.2) is 0 Å². The molecular weight excluding hydrogens is 386 g/mol. The summed E-state index contributed by atoms with van der Waals surface area (Å²) in [6.45, 7) is 8.91. The van der Waals surface area contributed by atoms with Gasteiger partial charge in [0.05, 0.1) is 25.4 Å². The van der Waals surface area contributed by atoms with Gasteiger partial charge in [0.1, 0.15) is 5.60 Å². The minimum Gasteiger partial charge on any atom is -0.444 e. The number of amides is 1. The second kappa shape index (κ2) is 13.6. The maximum absolute atomic E-state index is 12.7. The van der Waals surface area contributed by atoms with Crippen molar-refractivity contribution in [3.63, 3.8) is 0 Å². The number of hydrogen-bond donors (Lipinski definition) is 3. The number of likely N-dealkylation sites (N-methyl/N-ethyl adjacent to an activating group) is 1. The quantitative estimate of drug-likeness (QED) is 0.417. The van der Waals surface area contributed by atoms with Gasteiger partial charge in [-0.05, 0) is 46.1 Å². The summed E-state index contributed by atoms with van der Waals surface area (Å²) in [6.07, 6.45) is 0.679. The van der Waals surface area contributed by atoms with E-state index in [-0.39, 0.29) is 18.7 Å². The fraction of sp³-hybridized carbons (Fsp3) is 0.682. The molecule has 1 aromatic carbocycles. The van der Waals surface area contributed by atoms with Gasteiger partial charge in [-0.2, -0.15) is 0 Å². The van der Waals surface area contributed by atoms with Gasteiger partial charge in [-0.1, -0.05) is 30.3 Å². The fourth-order valence-corrected chi connectivity index (χ4v) is 3.17. The lowest BCUT2D eigenvalue weighted by Gasteiger charge is -2.36.